The molecular weight excluding hydrogens is 313 g/mol. The van der Waals surface area contributed by atoms with Crippen LogP contribution < -0.4 is 10.2 Å². The number of sulfonamides is 1. The van der Waals surface area contributed by atoms with Crippen molar-refractivity contribution < 1.29 is 17.7 Å². The Morgan fingerprint density at radius 2 is 1.57 bits per heavy atom. The average Bonchev–Trinajstić information content (AvgIpc) is 2.67. The smallest absolute Gasteiger partial charge is 0.399 e. The van der Waals surface area contributed by atoms with Crippen molar-refractivity contribution in [2.45, 2.75) is 58.8 Å². The maximum Gasteiger partial charge on any atom is 0.494 e. The largest absolute Gasteiger partial charge is 0.494 e. The van der Waals surface area contributed by atoms with Gasteiger partial charge in [0, 0.05) is 6.04 Å². The standard InChI is InChI=1S/C16H26BNO4S/c1-7-23(19,20)18-12(2)13-8-10-14(11-9-13)17-21-15(3,4)16(5,6)22-17/h8-12,18H,7H2,1-6H3. The van der Waals surface area contributed by atoms with E-state index in [-0.39, 0.29) is 23.0 Å². The molecule has 0 aliphatic carbocycles. The Balaban J connectivity index is 2.12. The number of rotatable bonds is 5. The lowest BCUT2D eigenvalue weighted by atomic mass is 9.78. The highest BCUT2D eigenvalue weighted by molar-refractivity contribution is 7.89. The van der Waals surface area contributed by atoms with E-state index in [1.807, 2.05) is 58.9 Å². The van der Waals surface area contributed by atoms with Crippen LogP contribution in [0.4, 0.5) is 0 Å². The van der Waals surface area contributed by atoms with Gasteiger partial charge in [-0.05, 0) is 52.6 Å². The molecule has 128 valence electrons. The van der Waals surface area contributed by atoms with Gasteiger partial charge in [-0.15, -0.1) is 0 Å². The highest BCUT2D eigenvalue weighted by Gasteiger charge is 2.51. The molecule has 1 atom stereocenters. The lowest BCUT2D eigenvalue weighted by molar-refractivity contribution is 0.00578. The third-order valence-electron chi connectivity index (χ3n) is 4.70. The van der Waals surface area contributed by atoms with Crippen LogP contribution in [0.25, 0.3) is 0 Å². The Morgan fingerprint density at radius 3 is 2.00 bits per heavy atom. The molecule has 1 N–H and O–H groups in total. The van der Waals surface area contributed by atoms with Crippen molar-refractivity contribution in [3.05, 3.63) is 29.8 Å². The Bertz CT molecular complexity index is 639. The first-order valence-corrected chi connectivity index (χ1v) is 9.58. The quantitative estimate of drug-likeness (QED) is 0.834. The Kier molecular flexibility index (Phi) is 4.98. The zero-order valence-electron chi connectivity index (χ0n) is 14.7. The molecule has 0 amide bonds. The summed E-state index contributed by atoms with van der Waals surface area (Å²) in [4.78, 5) is 0. The van der Waals surface area contributed by atoms with E-state index in [0.717, 1.165) is 11.0 Å². The van der Waals surface area contributed by atoms with E-state index >= 15 is 0 Å². The third kappa shape index (κ3) is 3.96. The van der Waals surface area contributed by atoms with Gasteiger partial charge in [0.25, 0.3) is 0 Å². The highest BCUT2D eigenvalue weighted by atomic mass is 32.2. The number of hydrogen-bond donors (Lipinski definition) is 1. The van der Waals surface area contributed by atoms with Crippen molar-refractivity contribution in [3.8, 4) is 0 Å². The highest BCUT2D eigenvalue weighted by Crippen LogP contribution is 2.36. The fraction of sp³-hybridized carbons (Fsp3) is 0.625. The van der Waals surface area contributed by atoms with E-state index in [1.54, 1.807) is 6.92 Å². The first-order valence-electron chi connectivity index (χ1n) is 7.93. The van der Waals surface area contributed by atoms with Crippen molar-refractivity contribution in [1.29, 1.82) is 0 Å². The summed E-state index contributed by atoms with van der Waals surface area (Å²) in [5.41, 5.74) is 1.08. The maximum atomic E-state index is 11.7. The van der Waals surface area contributed by atoms with Gasteiger partial charge in [-0.3, -0.25) is 0 Å². The zero-order valence-corrected chi connectivity index (χ0v) is 15.5. The molecule has 1 aliphatic heterocycles. The number of nitrogens with one attached hydrogen (secondary N) is 1. The van der Waals surface area contributed by atoms with Crippen molar-refractivity contribution in [2.75, 3.05) is 5.75 Å². The minimum absolute atomic E-state index is 0.0728. The molecule has 23 heavy (non-hydrogen) atoms. The van der Waals surface area contributed by atoms with Crippen LogP contribution in [0.1, 0.15) is 53.1 Å². The minimum Gasteiger partial charge on any atom is -0.399 e. The predicted molar refractivity (Wildman–Crippen MR) is 93.2 cm³/mol. The molecular formula is C16H26BNO4S. The van der Waals surface area contributed by atoms with Gasteiger partial charge in [-0.2, -0.15) is 0 Å². The van der Waals surface area contributed by atoms with Crippen molar-refractivity contribution in [1.82, 2.24) is 4.72 Å². The molecule has 2 rings (SSSR count). The molecule has 0 saturated carbocycles. The summed E-state index contributed by atoms with van der Waals surface area (Å²) in [7, 11) is -3.63. The molecule has 1 aliphatic rings. The minimum atomic E-state index is -3.22. The normalized spacial score (nSPS) is 21.4. The zero-order chi connectivity index (χ0) is 17.5. The number of benzene rings is 1. The third-order valence-corrected chi connectivity index (χ3v) is 6.17. The molecule has 1 heterocycles. The molecule has 1 aromatic carbocycles. The van der Waals surface area contributed by atoms with Crippen LogP contribution in [0, 0.1) is 0 Å². The van der Waals surface area contributed by atoms with Gasteiger partial charge in [0.05, 0.1) is 17.0 Å². The lowest BCUT2D eigenvalue weighted by Gasteiger charge is -2.32. The Morgan fingerprint density at radius 1 is 1.09 bits per heavy atom. The molecule has 1 fully saturated rings. The second-order valence-electron chi connectivity index (χ2n) is 7.00. The van der Waals surface area contributed by atoms with E-state index in [1.165, 1.54) is 0 Å². The van der Waals surface area contributed by atoms with Crippen LogP contribution in [-0.2, 0) is 19.3 Å². The van der Waals surface area contributed by atoms with E-state index < -0.39 is 17.1 Å². The summed E-state index contributed by atoms with van der Waals surface area (Å²) in [6.07, 6.45) is 0. The summed E-state index contributed by atoms with van der Waals surface area (Å²) < 4.78 is 38.0. The molecule has 5 nitrogen and oxygen atoms in total. The molecule has 0 radical (unpaired) electrons. The van der Waals surface area contributed by atoms with Gasteiger partial charge >= 0.3 is 7.12 Å². The fourth-order valence-corrected chi connectivity index (χ4v) is 3.18. The molecule has 0 spiro atoms. The lowest BCUT2D eigenvalue weighted by Crippen LogP contribution is -2.41. The SMILES string of the molecule is CCS(=O)(=O)NC(C)c1ccc(B2OC(C)(C)C(C)(C)O2)cc1. The average molecular weight is 339 g/mol. The first kappa shape index (κ1) is 18.5. The van der Waals surface area contributed by atoms with Crippen molar-refractivity contribution in [3.63, 3.8) is 0 Å². The maximum absolute atomic E-state index is 11.7. The van der Waals surface area contributed by atoms with Crippen LogP contribution in [0.2, 0.25) is 0 Å². The van der Waals surface area contributed by atoms with Crippen LogP contribution in [-0.4, -0.2) is 32.5 Å². The molecule has 1 saturated heterocycles. The Labute approximate surface area is 140 Å². The fourth-order valence-electron chi connectivity index (χ4n) is 2.34. The second-order valence-corrected chi connectivity index (χ2v) is 9.04. The predicted octanol–water partition coefficient (Wildman–Crippen LogP) is 1.99. The topological polar surface area (TPSA) is 64.6 Å². The van der Waals surface area contributed by atoms with Crippen LogP contribution >= 0.6 is 0 Å². The van der Waals surface area contributed by atoms with E-state index in [0.29, 0.717) is 0 Å². The van der Waals surface area contributed by atoms with E-state index in [2.05, 4.69) is 4.72 Å². The van der Waals surface area contributed by atoms with E-state index in [9.17, 15) is 8.42 Å². The van der Waals surface area contributed by atoms with Crippen molar-refractivity contribution in [2.24, 2.45) is 0 Å². The van der Waals surface area contributed by atoms with Gasteiger partial charge in [-0.25, -0.2) is 13.1 Å². The van der Waals surface area contributed by atoms with Gasteiger partial charge < -0.3 is 9.31 Å². The Hall–Kier alpha value is -0.885. The van der Waals surface area contributed by atoms with Gasteiger partial charge in [-0.1, -0.05) is 24.3 Å². The van der Waals surface area contributed by atoms with Crippen molar-refractivity contribution >= 4 is 22.6 Å². The van der Waals surface area contributed by atoms with Gasteiger partial charge in [0.15, 0.2) is 0 Å². The van der Waals surface area contributed by atoms with Crippen LogP contribution in [0.15, 0.2) is 24.3 Å². The monoisotopic (exact) mass is 339 g/mol. The van der Waals surface area contributed by atoms with E-state index in [4.69, 9.17) is 9.31 Å². The molecule has 1 aromatic rings. The molecule has 0 bridgehead atoms. The summed E-state index contributed by atoms with van der Waals surface area (Å²) in [6.45, 7) is 11.5. The van der Waals surface area contributed by atoms with Crippen LogP contribution in [0.5, 0.6) is 0 Å². The molecule has 0 aromatic heterocycles. The summed E-state index contributed by atoms with van der Waals surface area (Å²) in [5.74, 6) is 0.0728. The number of hydrogen-bond acceptors (Lipinski definition) is 4. The summed E-state index contributed by atoms with van der Waals surface area (Å²) in [5, 5.41) is 0. The molecule has 1 unspecified atom stereocenters. The van der Waals surface area contributed by atoms with Gasteiger partial charge in [0.1, 0.15) is 0 Å². The first-order chi connectivity index (χ1) is 10.5. The van der Waals surface area contributed by atoms with Crippen LogP contribution in [0.3, 0.4) is 0 Å². The summed E-state index contributed by atoms with van der Waals surface area (Å²) in [6, 6.07) is 7.39. The summed E-state index contributed by atoms with van der Waals surface area (Å²) >= 11 is 0. The molecule has 7 heteroatoms. The second kappa shape index (κ2) is 6.20. The van der Waals surface area contributed by atoms with Gasteiger partial charge in [0.2, 0.25) is 10.0 Å².